The lowest BCUT2D eigenvalue weighted by Gasteiger charge is -2.33. The molecule has 1 atom stereocenters. The topological polar surface area (TPSA) is 116 Å². The molecule has 14 heteroatoms. The monoisotopic (exact) mass is 537 g/mol. The molecular formula is C23H29F2N7O4S. The number of hydrogen-bond donors (Lipinski definition) is 0. The van der Waals surface area contributed by atoms with E-state index in [1.807, 2.05) is 9.80 Å². The van der Waals surface area contributed by atoms with Crippen molar-refractivity contribution in [3.05, 3.63) is 24.0 Å². The fourth-order valence-electron chi connectivity index (χ4n) is 4.91. The van der Waals surface area contributed by atoms with Crippen molar-refractivity contribution in [3.8, 4) is 11.7 Å². The van der Waals surface area contributed by atoms with Gasteiger partial charge in [0.05, 0.1) is 31.6 Å². The van der Waals surface area contributed by atoms with Gasteiger partial charge in [0.15, 0.2) is 5.82 Å². The molecule has 0 radical (unpaired) electrons. The van der Waals surface area contributed by atoms with E-state index in [-0.39, 0.29) is 23.1 Å². The number of piperidine rings is 1. The van der Waals surface area contributed by atoms with Crippen molar-refractivity contribution in [2.24, 2.45) is 5.92 Å². The lowest BCUT2D eigenvalue weighted by molar-refractivity contribution is 0.122. The predicted molar refractivity (Wildman–Crippen MR) is 134 cm³/mol. The second kappa shape index (κ2) is 10.3. The van der Waals surface area contributed by atoms with Crippen LogP contribution >= 0.6 is 0 Å². The first-order valence-corrected chi connectivity index (χ1v) is 14.1. The zero-order valence-corrected chi connectivity index (χ0v) is 21.5. The summed E-state index contributed by atoms with van der Waals surface area (Å²) in [5.41, 5.74) is 0.662. The standard InChI is InChI=1S/C23H29F2N7O4S/c1-35-17-7-3-6-16-18(17)26-20(19(24)25)32(16)23-28-21(30-9-11-36-12-10-30)27-22(29-23)31-8-4-5-15(13-31)14-37(2,33)34/h3,6-7,15,19H,4-5,8-14H2,1-2H3/t15-/m0/s1. The first-order valence-electron chi connectivity index (χ1n) is 12.1. The molecule has 0 spiro atoms. The zero-order valence-electron chi connectivity index (χ0n) is 20.7. The molecule has 4 heterocycles. The molecule has 200 valence electrons. The lowest BCUT2D eigenvalue weighted by atomic mass is 10.0. The lowest BCUT2D eigenvalue weighted by Crippen LogP contribution is -2.41. The van der Waals surface area contributed by atoms with E-state index in [4.69, 9.17) is 9.47 Å². The van der Waals surface area contributed by atoms with E-state index in [1.165, 1.54) is 17.9 Å². The average Bonchev–Trinajstić information content (AvgIpc) is 3.28. The van der Waals surface area contributed by atoms with Gasteiger partial charge >= 0.3 is 0 Å². The Morgan fingerprint density at radius 3 is 2.43 bits per heavy atom. The van der Waals surface area contributed by atoms with E-state index in [2.05, 4.69) is 19.9 Å². The van der Waals surface area contributed by atoms with Crippen molar-refractivity contribution in [3.63, 3.8) is 0 Å². The summed E-state index contributed by atoms with van der Waals surface area (Å²) in [6, 6.07) is 5.01. The van der Waals surface area contributed by atoms with Gasteiger partial charge in [0.25, 0.3) is 6.43 Å². The number of halogens is 2. The van der Waals surface area contributed by atoms with Crippen LogP contribution in [0.25, 0.3) is 17.0 Å². The molecule has 11 nitrogen and oxygen atoms in total. The van der Waals surface area contributed by atoms with Crippen molar-refractivity contribution in [1.29, 1.82) is 0 Å². The van der Waals surface area contributed by atoms with Crippen LogP contribution in [0.2, 0.25) is 0 Å². The number of alkyl halides is 2. The van der Waals surface area contributed by atoms with Crippen molar-refractivity contribution in [2.45, 2.75) is 19.3 Å². The van der Waals surface area contributed by atoms with Crippen LogP contribution in [-0.2, 0) is 14.6 Å². The summed E-state index contributed by atoms with van der Waals surface area (Å²) < 4.78 is 64.3. The molecule has 2 aliphatic heterocycles. The van der Waals surface area contributed by atoms with Gasteiger partial charge in [-0.2, -0.15) is 15.0 Å². The first kappa shape index (κ1) is 25.5. The largest absolute Gasteiger partial charge is 0.494 e. The Labute approximate surface area is 213 Å². The molecule has 2 fully saturated rings. The normalized spacial score (nSPS) is 19.1. The molecular weight excluding hydrogens is 508 g/mol. The second-order valence-electron chi connectivity index (χ2n) is 9.32. The molecule has 0 saturated carbocycles. The Balaban J connectivity index is 1.64. The predicted octanol–water partition coefficient (Wildman–Crippen LogP) is 2.25. The number of anilines is 2. The van der Waals surface area contributed by atoms with Crippen LogP contribution in [0, 0.1) is 5.92 Å². The summed E-state index contributed by atoms with van der Waals surface area (Å²) in [7, 11) is -1.70. The maximum atomic E-state index is 14.2. The highest BCUT2D eigenvalue weighted by molar-refractivity contribution is 7.90. The molecule has 37 heavy (non-hydrogen) atoms. The number of nitrogens with zero attached hydrogens (tertiary/aromatic N) is 7. The van der Waals surface area contributed by atoms with Crippen LogP contribution in [0.4, 0.5) is 20.7 Å². The number of benzene rings is 1. The number of rotatable bonds is 7. The highest BCUT2D eigenvalue weighted by Crippen LogP contribution is 2.33. The molecule has 0 amide bonds. The summed E-state index contributed by atoms with van der Waals surface area (Å²) in [6.07, 6.45) is -0.118. The highest BCUT2D eigenvalue weighted by atomic mass is 32.2. The van der Waals surface area contributed by atoms with Gasteiger partial charge in [-0.1, -0.05) is 6.07 Å². The number of para-hydroxylation sites is 1. The molecule has 2 aliphatic rings. The SMILES string of the molecule is COc1cccc2c1nc(C(F)F)n2-c1nc(N2CCOCC2)nc(N2CCC[C@H](CS(C)(=O)=O)C2)n1. The van der Waals surface area contributed by atoms with Crippen LogP contribution in [0.15, 0.2) is 18.2 Å². The number of aromatic nitrogens is 5. The quantitative estimate of drug-likeness (QED) is 0.444. The number of ether oxygens (including phenoxy) is 2. The van der Waals surface area contributed by atoms with Gasteiger partial charge in [0.1, 0.15) is 21.1 Å². The highest BCUT2D eigenvalue weighted by Gasteiger charge is 2.29. The summed E-state index contributed by atoms with van der Waals surface area (Å²) >= 11 is 0. The van der Waals surface area contributed by atoms with Crippen molar-refractivity contribution >= 4 is 32.8 Å². The van der Waals surface area contributed by atoms with E-state index in [9.17, 15) is 17.2 Å². The summed E-state index contributed by atoms with van der Waals surface area (Å²) in [4.78, 5) is 21.9. The van der Waals surface area contributed by atoms with Crippen molar-refractivity contribution in [1.82, 2.24) is 24.5 Å². The number of fused-ring (bicyclic) bond motifs is 1. The minimum atomic E-state index is -3.15. The van der Waals surface area contributed by atoms with Crippen molar-refractivity contribution in [2.75, 3.05) is 68.3 Å². The molecule has 0 N–H and O–H groups in total. The number of imidazole rings is 1. The van der Waals surface area contributed by atoms with E-state index in [1.54, 1.807) is 18.2 Å². The summed E-state index contributed by atoms with van der Waals surface area (Å²) in [5.74, 6) is 0.527. The Bertz CT molecular complexity index is 1380. The number of sulfone groups is 1. The van der Waals surface area contributed by atoms with Gasteiger partial charge in [-0.25, -0.2) is 22.2 Å². The number of methoxy groups -OCH3 is 1. The van der Waals surface area contributed by atoms with Crippen molar-refractivity contribution < 1.29 is 26.7 Å². The summed E-state index contributed by atoms with van der Waals surface area (Å²) in [5, 5.41) is 0. The Hall–Kier alpha value is -3.13. The molecule has 0 unspecified atom stereocenters. The Kier molecular flexibility index (Phi) is 7.12. The molecule has 1 aromatic carbocycles. The number of hydrogen-bond acceptors (Lipinski definition) is 10. The minimum absolute atomic E-state index is 0.0165. The third-order valence-corrected chi connectivity index (χ3v) is 7.60. The maximum Gasteiger partial charge on any atom is 0.296 e. The van der Waals surface area contributed by atoms with E-state index in [0.717, 1.165) is 12.8 Å². The molecule has 0 aliphatic carbocycles. The second-order valence-corrected chi connectivity index (χ2v) is 11.5. The Morgan fingerprint density at radius 2 is 1.76 bits per heavy atom. The van der Waals surface area contributed by atoms with Crippen LogP contribution in [-0.4, -0.2) is 91.4 Å². The summed E-state index contributed by atoms with van der Waals surface area (Å²) in [6.45, 7) is 3.12. The zero-order chi connectivity index (χ0) is 26.2. The third-order valence-electron chi connectivity index (χ3n) is 6.52. The van der Waals surface area contributed by atoms with Crippen LogP contribution in [0.5, 0.6) is 5.75 Å². The third kappa shape index (κ3) is 5.44. The fourth-order valence-corrected chi connectivity index (χ4v) is 6.04. The minimum Gasteiger partial charge on any atom is -0.494 e. The van der Waals surface area contributed by atoms with Gasteiger partial charge < -0.3 is 19.3 Å². The van der Waals surface area contributed by atoms with Gasteiger partial charge in [-0.3, -0.25) is 4.57 Å². The number of morpholine rings is 1. The van der Waals surface area contributed by atoms with Crippen LogP contribution in [0.3, 0.4) is 0 Å². The molecule has 2 aromatic heterocycles. The van der Waals surface area contributed by atoms with Gasteiger partial charge in [0.2, 0.25) is 17.8 Å². The molecule has 0 bridgehead atoms. The molecule has 2 saturated heterocycles. The van der Waals surface area contributed by atoms with Gasteiger partial charge in [-0.05, 0) is 30.9 Å². The van der Waals surface area contributed by atoms with Gasteiger partial charge in [0, 0.05) is 32.4 Å². The van der Waals surface area contributed by atoms with E-state index in [0.29, 0.717) is 62.6 Å². The Morgan fingerprint density at radius 1 is 1.05 bits per heavy atom. The van der Waals surface area contributed by atoms with E-state index >= 15 is 0 Å². The molecule has 5 rings (SSSR count). The average molecular weight is 538 g/mol. The fraction of sp³-hybridized carbons (Fsp3) is 0.565. The first-order chi connectivity index (χ1) is 17.7. The van der Waals surface area contributed by atoms with Gasteiger partial charge in [-0.15, -0.1) is 0 Å². The van der Waals surface area contributed by atoms with Crippen LogP contribution < -0.4 is 14.5 Å². The maximum absolute atomic E-state index is 14.2. The van der Waals surface area contributed by atoms with E-state index < -0.39 is 22.1 Å². The smallest absolute Gasteiger partial charge is 0.296 e. The molecule has 3 aromatic rings. The van der Waals surface area contributed by atoms with Crippen LogP contribution in [0.1, 0.15) is 25.1 Å².